The first-order valence-corrected chi connectivity index (χ1v) is 7.97. The van der Waals surface area contributed by atoms with Crippen LogP contribution in [0.4, 0.5) is 10.8 Å². The minimum absolute atomic E-state index is 0.0166. The molecule has 106 valence electrons. The van der Waals surface area contributed by atoms with Crippen molar-refractivity contribution in [3.8, 4) is 0 Å². The molecule has 0 atom stereocenters. The zero-order chi connectivity index (χ0) is 14.7. The quantitative estimate of drug-likeness (QED) is 0.850. The van der Waals surface area contributed by atoms with Gasteiger partial charge in [-0.2, -0.15) is 0 Å². The van der Waals surface area contributed by atoms with E-state index in [1.165, 1.54) is 28.7 Å². The number of nitrogen functional groups attached to an aromatic ring is 1. The highest BCUT2D eigenvalue weighted by Crippen LogP contribution is 2.27. The first kappa shape index (κ1) is 14.9. The van der Waals surface area contributed by atoms with Gasteiger partial charge >= 0.3 is 0 Å². The van der Waals surface area contributed by atoms with E-state index in [2.05, 4.69) is 29.4 Å². The zero-order valence-corrected chi connectivity index (χ0v) is 13.3. The molecular formula is C14H17N3OS2. The van der Waals surface area contributed by atoms with Crippen molar-refractivity contribution in [2.75, 3.05) is 16.8 Å². The number of carbonyl (C=O) groups excluding carboxylic acids is 1. The van der Waals surface area contributed by atoms with Crippen molar-refractivity contribution >= 4 is 39.8 Å². The van der Waals surface area contributed by atoms with Crippen LogP contribution in [0.25, 0.3) is 0 Å². The summed E-state index contributed by atoms with van der Waals surface area (Å²) in [6, 6.07) is 4.14. The number of thiazole rings is 1. The Morgan fingerprint density at radius 2 is 2.00 bits per heavy atom. The minimum atomic E-state index is -0.0166. The van der Waals surface area contributed by atoms with Crippen LogP contribution in [-0.2, 0) is 4.79 Å². The smallest absolute Gasteiger partial charge is 0.234 e. The molecule has 3 N–H and O–H groups in total. The van der Waals surface area contributed by atoms with Gasteiger partial charge in [0.2, 0.25) is 5.91 Å². The number of aromatic nitrogens is 1. The predicted molar refractivity (Wildman–Crippen MR) is 86.5 cm³/mol. The third kappa shape index (κ3) is 3.74. The van der Waals surface area contributed by atoms with Crippen LogP contribution in [0, 0.1) is 20.8 Å². The maximum atomic E-state index is 12.0. The van der Waals surface area contributed by atoms with Crippen molar-refractivity contribution in [3.05, 3.63) is 35.0 Å². The van der Waals surface area contributed by atoms with Gasteiger partial charge in [0.1, 0.15) is 0 Å². The lowest BCUT2D eigenvalue weighted by molar-refractivity contribution is -0.113. The first-order chi connectivity index (χ1) is 9.45. The molecule has 0 aliphatic carbocycles. The number of nitrogens with zero attached hydrogens (tertiary/aromatic N) is 1. The molecule has 0 aliphatic heterocycles. The summed E-state index contributed by atoms with van der Waals surface area (Å²) in [7, 11) is 0. The third-order valence-electron chi connectivity index (χ3n) is 2.79. The molecule has 0 saturated carbocycles. The monoisotopic (exact) mass is 307 g/mol. The molecule has 0 bridgehead atoms. The number of benzene rings is 1. The highest BCUT2D eigenvalue weighted by atomic mass is 32.2. The second kappa shape index (κ2) is 6.28. The fourth-order valence-corrected chi connectivity index (χ4v) is 3.59. The van der Waals surface area contributed by atoms with Crippen molar-refractivity contribution in [2.24, 2.45) is 0 Å². The Hall–Kier alpha value is -1.53. The molecule has 0 aliphatic rings. The van der Waals surface area contributed by atoms with Gasteiger partial charge in [0.25, 0.3) is 0 Å². The summed E-state index contributed by atoms with van der Waals surface area (Å²) >= 11 is 2.84. The van der Waals surface area contributed by atoms with Gasteiger partial charge in [-0.05, 0) is 31.9 Å². The van der Waals surface area contributed by atoms with E-state index in [9.17, 15) is 4.79 Å². The zero-order valence-electron chi connectivity index (χ0n) is 11.7. The predicted octanol–water partition coefficient (Wildman–Crippen LogP) is 3.38. The van der Waals surface area contributed by atoms with Crippen molar-refractivity contribution < 1.29 is 4.79 Å². The van der Waals surface area contributed by atoms with E-state index in [1.54, 1.807) is 6.20 Å². The van der Waals surface area contributed by atoms with Crippen LogP contribution < -0.4 is 11.1 Å². The molecule has 1 amide bonds. The normalized spacial score (nSPS) is 10.6. The summed E-state index contributed by atoms with van der Waals surface area (Å²) in [4.78, 5) is 16.0. The SMILES string of the molecule is Cc1cc(C)c(NC(=O)CSc2cnc(N)s2)c(C)c1. The van der Waals surface area contributed by atoms with Crippen molar-refractivity contribution in [1.29, 1.82) is 0 Å². The van der Waals surface area contributed by atoms with Gasteiger partial charge in [0.05, 0.1) is 16.2 Å². The van der Waals surface area contributed by atoms with E-state index in [4.69, 9.17) is 5.73 Å². The number of carbonyl (C=O) groups is 1. The Labute approximate surface area is 126 Å². The molecule has 4 nitrogen and oxygen atoms in total. The fourth-order valence-electron chi connectivity index (χ4n) is 2.03. The Kier molecular flexibility index (Phi) is 4.67. The second-order valence-corrected chi connectivity index (χ2v) is 6.97. The Morgan fingerprint density at radius 1 is 1.35 bits per heavy atom. The van der Waals surface area contributed by atoms with E-state index in [0.29, 0.717) is 10.9 Å². The molecule has 2 rings (SSSR count). The molecule has 1 aromatic carbocycles. The van der Waals surface area contributed by atoms with Crippen LogP contribution in [0.5, 0.6) is 0 Å². The molecule has 0 unspecified atom stereocenters. The van der Waals surface area contributed by atoms with Gasteiger partial charge in [0.15, 0.2) is 5.13 Å². The van der Waals surface area contributed by atoms with E-state index in [1.807, 2.05) is 13.8 Å². The summed E-state index contributed by atoms with van der Waals surface area (Å²) in [5.74, 6) is 0.339. The van der Waals surface area contributed by atoms with Crippen molar-refractivity contribution in [2.45, 2.75) is 25.0 Å². The number of anilines is 2. The van der Waals surface area contributed by atoms with Crippen LogP contribution in [0.2, 0.25) is 0 Å². The lowest BCUT2D eigenvalue weighted by Gasteiger charge is -2.12. The molecule has 0 spiro atoms. The van der Waals surface area contributed by atoms with Crippen molar-refractivity contribution in [1.82, 2.24) is 4.98 Å². The van der Waals surface area contributed by atoms with E-state index in [-0.39, 0.29) is 5.91 Å². The van der Waals surface area contributed by atoms with Gasteiger partial charge in [0, 0.05) is 5.69 Å². The first-order valence-electron chi connectivity index (χ1n) is 6.17. The lowest BCUT2D eigenvalue weighted by atomic mass is 10.1. The maximum absolute atomic E-state index is 12.0. The standard InChI is InChI=1S/C14H17N3OS2/c1-8-4-9(2)13(10(3)5-8)17-11(18)7-19-12-6-16-14(15)20-12/h4-6H,7H2,1-3H3,(H2,15,16)(H,17,18). The molecule has 1 aromatic heterocycles. The van der Waals surface area contributed by atoms with Crippen LogP contribution in [-0.4, -0.2) is 16.6 Å². The summed E-state index contributed by atoms with van der Waals surface area (Å²) in [5.41, 5.74) is 9.84. The highest BCUT2D eigenvalue weighted by molar-refractivity contribution is 8.01. The number of hydrogen-bond acceptors (Lipinski definition) is 5. The Morgan fingerprint density at radius 3 is 2.55 bits per heavy atom. The Bertz CT molecular complexity index is 614. The lowest BCUT2D eigenvalue weighted by Crippen LogP contribution is -2.15. The number of amides is 1. The highest BCUT2D eigenvalue weighted by Gasteiger charge is 2.09. The fraction of sp³-hybridized carbons (Fsp3) is 0.286. The number of rotatable bonds is 4. The van der Waals surface area contributed by atoms with Gasteiger partial charge in [-0.1, -0.05) is 29.0 Å². The van der Waals surface area contributed by atoms with Gasteiger partial charge < -0.3 is 11.1 Å². The molecule has 0 radical (unpaired) electrons. The summed E-state index contributed by atoms with van der Waals surface area (Å²) in [6.45, 7) is 6.06. The third-order valence-corrected chi connectivity index (χ3v) is 4.81. The summed E-state index contributed by atoms with van der Waals surface area (Å²) in [5, 5.41) is 3.50. The van der Waals surface area contributed by atoms with E-state index < -0.39 is 0 Å². The molecule has 20 heavy (non-hydrogen) atoms. The van der Waals surface area contributed by atoms with Crippen LogP contribution in [0.3, 0.4) is 0 Å². The summed E-state index contributed by atoms with van der Waals surface area (Å²) in [6.07, 6.45) is 1.69. The van der Waals surface area contributed by atoms with E-state index in [0.717, 1.165) is 21.0 Å². The molecule has 0 fully saturated rings. The molecule has 0 saturated heterocycles. The number of aryl methyl sites for hydroxylation is 3. The van der Waals surface area contributed by atoms with Gasteiger partial charge in [-0.3, -0.25) is 4.79 Å². The topological polar surface area (TPSA) is 68.0 Å². The Balaban J connectivity index is 1.98. The van der Waals surface area contributed by atoms with Crippen LogP contribution >= 0.6 is 23.1 Å². The van der Waals surface area contributed by atoms with Crippen LogP contribution in [0.1, 0.15) is 16.7 Å². The second-order valence-electron chi connectivity index (χ2n) is 4.63. The number of nitrogens with one attached hydrogen (secondary N) is 1. The van der Waals surface area contributed by atoms with E-state index >= 15 is 0 Å². The number of hydrogen-bond donors (Lipinski definition) is 2. The minimum Gasteiger partial charge on any atom is -0.375 e. The molecular weight excluding hydrogens is 290 g/mol. The average Bonchev–Trinajstić information content (AvgIpc) is 2.77. The number of nitrogens with two attached hydrogens (primary N) is 1. The van der Waals surface area contributed by atoms with Crippen LogP contribution in [0.15, 0.2) is 22.5 Å². The van der Waals surface area contributed by atoms with Gasteiger partial charge in [-0.15, -0.1) is 11.8 Å². The average molecular weight is 307 g/mol. The number of thioether (sulfide) groups is 1. The molecule has 6 heteroatoms. The largest absolute Gasteiger partial charge is 0.375 e. The molecule has 1 heterocycles. The van der Waals surface area contributed by atoms with Crippen molar-refractivity contribution in [3.63, 3.8) is 0 Å². The summed E-state index contributed by atoms with van der Waals surface area (Å²) < 4.78 is 0.954. The van der Waals surface area contributed by atoms with Gasteiger partial charge in [-0.25, -0.2) is 4.98 Å². The maximum Gasteiger partial charge on any atom is 0.234 e. The molecule has 2 aromatic rings.